The predicted octanol–water partition coefficient (Wildman–Crippen LogP) is 0.975. The van der Waals surface area contributed by atoms with Crippen LogP contribution >= 0.6 is 0 Å². The Balaban J connectivity index is 2.10. The van der Waals surface area contributed by atoms with E-state index in [0.29, 0.717) is 13.2 Å². The molecule has 0 saturated carbocycles. The minimum absolute atomic E-state index is 0.176. The summed E-state index contributed by atoms with van der Waals surface area (Å²) in [5.41, 5.74) is 0.972. The summed E-state index contributed by atoms with van der Waals surface area (Å²) < 4.78 is 10.0. The zero-order valence-corrected chi connectivity index (χ0v) is 11.0. The van der Waals surface area contributed by atoms with Crippen molar-refractivity contribution in [2.45, 2.75) is 25.6 Å². The van der Waals surface area contributed by atoms with Crippen LogP contribution in [-0.2, 0) is 25.6 Å². The van der Waals surface area contributed by atoms with Crippen molar-refractivity contribution >= 4 is 11.9 Å². The lowest BCUT2D eigenvalue weighted by atomic mass is 9.96. The molecule has 1 saturated heterocycles. The summed E-state index contributed by atoms with van der Waals surface area (Å²) in [6.07, 6.45) is -0.720. The Bertz CT molecular complexity index is 460. The van der Waals surface area contributed by atoms with Gasteiger partial charge in [0.2, 0.25) is 0 Å². The summed E-state index contributed by atoms with van der Waals surface area (Å²) in [4.78, 5) is 25.2. The van der Waals surface area contributed by atoms with Gasteiger partial charge >= 0.3 is 5.97 Å². The van der Waals surface area contributed by atoms with Crippen LogP contribution in [0, 0.1) is 0 Å². The van der Waals surface area contributed by atoms with Gasteiger partial charge in [-0.2, -0.15) is 0 Å². The molecule has 2 rings (SSSR count). The molecule has 1 heterocycles. The summed E-state index contributed by atoms with van der Waals surface area (Å²) in [5, 5.41) is 0. The van der Waals surface area contributed by atoms with E-state index < -0.39 is 18.1 Å². The normalized spacial score (nSPS) is 22.0. The molecular formula is C14H17NO4. The smallest absolute Gasteiger partial charge is 0.332 e. The number of esters is 1. The van der Waals surface area contributed by atoms with Crippen molar-refractivity contribution in [2.75, 3.05) is 13.7 Å². The second kappa shape index (κ2) is 5.84. The van der Waals surface area contributed by atoms with Crippen molar-refractivity contribution in [1.82, 2.24) is 4.90 Å². The highest BCUT2D eigenvalue weighted by atomic mass is 16.5. The Morgan fingerprint density at radius 1 is 1.32 bits per heavy atom. The molecule has 19 heavy (non-hydrogen) atoms. The van der Waals surface area contributed by atoms with Crippen LogP contribution in [0.5, 0.6) is 0 Å². The van der Waals surface area contributed by atoms with Crippen LogP contribution in [0.2, 0.25) is 0 Å². The lowest BCUT2D eigenvalue weighted by Crippen LogP contribution is -2.68. The van der Waals surface area contributed by atoms with Crippen molar-refractivity contribution in [3.05, 3.63) is 35.9 Å². The molecule has 1 aromatic rings. The molecule has 2 atom stereocenters. The number of carbonyl (C=O) groups is 2. The quantitative estimate of drug-likeness (QED) is 0.587. The molecule has 102 valence electrons. The van der Waals surface area contributed by atoms with Gasteiger partial charge in [-0.25, -0.2) is 4.79 Å². The van der Waals surface area contributed by atoms with Crippen molar-refractivity contribution in [1.29, 1.82) is 0 Å². The molecule has 0 bridgehead atoms. The molecule has 5 nitrogen and oxygen atoms in total. The Kier molecular flexibility index (Phi) is 4.16. The Morgan fingerprint density at radius 2 is 2.00 bits per heavy atom. The topological polar surface area (TPSA) is 55.8 Å². The maximum atomic E-state index is 11.9. The summed E-state index contributed by atoms with van der Waals surface area (Å²) >= 11 is 0. The minimum Gasteiger partial charge on any atom is -0.464 e. The molecule has 1 fully saturated rings. The number of amides is 1. The standard InChI is InChI=1S/C14H17NO4/c1-3-19-14(17)11-12(18-2)13(16)15(11)9-10-7-5-4-6-8-10/h4-8,11-12H,3,9H2,1-2H3/t11-,12+/m1/s1. The summed E-state index contributed by atoms with van der Waals surface area (Å²) in [7, 11) is 1.43. The van der Waals surface area contributed by atoms with Gasteiger partial charge in [-0.1, -0.05) is 30.3 Å². The molecule has 0 aromatic heterocycles. The number of β-lactam (4-membered cyclic amide) rings is 1. The highest BCUT2D eigenvalue weighted by Gasteiger charge is 2.52. The fraction of sp³-hybridized carbons (Fsp3) is 0.429. The maximum Gasteiger partial charge on any atom is 0.332 e. The number of carbonyl (C=O) groups excluding carboxylic acids is 2. The highest BCUT2D eigenvalue weighted by Crippen LogP contribution is 2.26. The minimum atomic E-state index is -0.720. The maximum absolute atomic E-state index is 11.9. The fourth-order valence-electron chi connectivity index (χ4n) is 2.18. The summed E-state index contributed by atoms with van der Waals surface area (Å²) in [6, 6.07) is 8.88. The van der Waals surface area contributed by atoms with E-state index in [-0.39, 0.29) is 5.91 Å². The first-order chi connectivity index (χ1) is 9.19. The zero-order valence-electron chi connectivity index (χ0n) is 11.0. The van der Waals surface area contributed by atoms with E-state index in [0.717, 1.165) is 5.56 Å². The SMILES string of the molecule is CCOC(=O)[C@H]1[C@H](OC)C(=O)N1Cc1ccccc1. The molecule has 0 unspecified atom stereocenters. The first-order valence-electron chi connectivity index (χ1n) is 6.23. The van der Waals surface area contributed by atoms with E-state index in [1.165, 1.54) is 12.0 Å². The van der Waals surface area contributed by atoms with Gasteiger partial charge in [0.15, 0.2) is 12.1 Å². The van der Waals surface area contributed by atoms with E-state index in [1.54, 1.807) is 6.92 Å². The Labute approximate surface area is 112 Å². The highest BCUT2D eigenvalue weighted by molar-refractivity contribution is 5.99. The van der Waals surface area contributed by atoms with E-state index in [4.69, 9.17) is 9.47 Å². The molecule has 1 aliphatic heterocycles. The first-order valence-corrected chi connectivity index (χ1v) is 6.23. The molecule has 1 aromatic carbocycles. The number of hydrogen-bond acceptors (Lipinski definition) is 4. The Hall–Kier alpha value is -1.88. The van der Waals surface area contributed by atoms with Crippen molar-refractivity contribution in [3.63, 3.8) is 0 Å². The van der Waals surface area contributed by atoms with Gasteiger partial charge < -0.3 is 14.4 Å². The van der Waals surface area contributed by atoms with Crippen LogP contribution in [0.1, 0.15) is 12.5 Å². The van der Waals surface area contributed by atoms with Crippen LogP contribution in [0.3, 0.4) is 0 Å². The lowest BCUT2D eigenvalue weighted by molar-refractivity contribution is -0.186. The third kappa shape index (κ3) is 2.61. The number of likely N-dealkylation sites (tertiary alicyclic amines) is 1. The van der Waals surface area contributed by atoms with E-state index in [2.05, 4.69) is 0 Å². The van der Waals surface area contributed by atoms with Crippen molar-refractivity contribution in [2.24, 2.45) is 0 Å². The third-order valence-corrected chi connectivity index (χ3v) is 3.13. The molecular weight excluding hydrogens is 246 g/mol. The monoisotopic (exact) mass is 263 g/mol. The second-order valence-corrected chi connectivity index (χ2v) is 4.30. The molecule has 5 heteroatoms. The zero-order chi connectivity index (χ0) is 13.8. The van der Waals surface area contributed by atoms with Gasteiger partial charge in [-0.3, -0.25) is 4.79 Å². The molecule has 1 amide bonds. The van der Waals surface area contributed by atoms with Gasteiger partial charge in [-0.05, 0) is 12.5 Å². The molecule has 0 spiro atoms. The van der Waals surface area contributed by atoms with E-state index in [9.17, 15) is 9.59 Å². The Morgan fingerprint density at radius 3 is 2.58 bits per heavy atom. The number of ether oxygens (including phenoxy) is 2. The third-order valence-electron chi connectivity index (χ3n) is 3.13. The number of hydrogen-bond donors (Lipinski definition) is 0. The van der Waals surface area contributed by atoms with Crippen LogP contribution < -0.4 is 0 Å². The fourth-order valence-corrected chi connectivity index (χ4v) is 2.18. The van der Waals surface area contributed by atoms with Gasteiger partial charge in [0.05, 0.1) is 6.61 Å². The molecule has 0 aliphatic carbocycles. The van der Waals surface area contributed by atoms with Crippen LogP contribution in [0.15, 0.2) is 30.3 Å². The number of methoxy groups -OCH3 is 1. The average molecular weight is 263 g/mol. The van der Waals surface area contributed by atoms with E-state index >= 15 is 0 Å². The molecule has 0 N–H and O–H groups in total. The summed E-state index contributed by atoms with van der Waals surface area (Å²) in [5.74, 6) is -0.589. The number of nitrogens with zero attached hydrogens (tertiary/aromatic N) is 1. The van der Waals surface area contributed by atoms with E-state index in [1.807, 2.05) is 30.3 Å². The van der Waals surface area contributed by atoms with Crippen LogP contribution in [-0.4, -0.2) is 42.6 Å². The lowest BCUT2D eigenvalue weighted by Gasteiger charge is -2.44. The van der Waals surface area contributed by atoms with Gasteiger partial charge in [0.25, 0.3) is 5.91 Å². The second-order valence-electron chi connectivity index (χ2n) is 4.30. The van der Waals surface area contributed by atoms with Crippen molar-refractivity contribution in [3.8, 4) is 0 Å². The number of benzene rings is 1. The molecule has 0 radical (unpaired) electrons. The average Bonchev–Trinajstić information content (AvgIpc) is 2.43. The number of rotatable bonds is 5. The van der Waals surface area contributed by atoms with Crippen LogP contribution in [0.4, 0.5) is 0 Å². The van der Waals surface area contributed by atoms with Crippen molar-refractivity contribution < 1.29 is 19.1 Å². The van der Waals surface area contributed by atoms with Gasteiger partial charge in [0.1, 0.15) is 0 Å². The van der Waals surface area contributed by atoms with Gasteiger partial charge in [0, 0.05) is 13.7 Å². The predicted molar refractivity (Wildman–Crippen MR) is 68.2 cm³/mol. The first kappa shape index (κ1) is 13.5. The van der Waals surface area contributed by atoms with Gasteiger partial charge in [-0.15, -0.1) is 0 Å². The summed E-state index contributed by atoms with van der Waals surface area (Å²) in [6.45, 7) is 2.42. The van der Waals surface area contributed by atoms with Crippen LogP contribution in [0.25, 0.3) is 0 Å². The largest absolute Gasteiger partial charge is 0.464 e. The molecule has 1 aliphatic rings.